The number of fused-ring (bicyclic) bond motifs is 10. The third-order valence-electron chi connectivity index (χ3n) is 17.8. The molecule has 12 rings (SSSR count). The Morgan fingerprint density at radius 1 is 0.589 bits per heavy atom. The van der Waals surface area contributed by atoms with Crippen LogP contribution in [-0.2, 0) is 76.7 Å². The topological polar surface area (TPSA) is 255 Å². The van der Waals surface area contributed by atoms with Gasteiger partial charge in [0.05, 0.1) is 75.2 Å². The number of rotatable bonds is 16. The average Bonchev–Trinajstić information content (AvgIpc) is 1.73. The van der Waals surface area contributed by atoms with E-state index in [1.807, 2.05) is 84.2 Å². The molecular formula is C66H78N12O10S2. The molecule has 2 aliphatic heterocycles. The maximum absolute atomic E-state index is 13.8. The van der Waals surface area contributed by atoms with Crippen molar-refractivity contribution in [3.8, 4) is 34.0 Å². The molecule has 0 saturated heterocycles. The van der Waals surface area contributed by atoms with E-state index < -0.39 is 38.2 Å². The summed E-state index contributed by atoms with van der Waals surface area (Å²) in [5.41, 5.74) is 12.5. The van der Waals surface area contributed by atoms with Crippen LogP contribution in [0.15, 0.2) is 103 Å². The van der Waals surface area contributed by atoms with Gasteiger partial charge in [-0.2, -0.15) is 25.4 Å². The molecule has 8 aromatic rings. The quantitative estimate of drug-likeness (QED) is 0.0711. The number of amides is 4. The van der Waals surface area contributed by atoms with E-state index in [9.17, 15) is 36.0 Å². The highest BCUT2D eigenvalue weighted by Crippen LogP contribution is 2.49. The van der Waals surface area contributed by atoms with Crippen LogP contribution in [0.3, 0.4) is 0 Å². The predicted molar refractivity (Wildman–Crippen MR) is 345 cm³/mol. The lowest BCUT2D eigenvalue weighted by Crippen LogP contribution is -2.39. The fourth-order valence-corrected chi connectivity index (χ4v) is 14.3. The molecule has 4 amide bonds. The molecule has 2 aliphatic carbocycles. The lowest BCUT2D eigenvalue weighted by Gasteiger charge is -2.24. The number of imidazole rings is 2. The maximum Gasteiger partial charge on any atom is 0.303 e. The van der Waals surface area contributed by atoms with E-state index in [2.05, 4.69) is 45.2 Å². The molecule has 1 unspecified atom stereocenters. The molecule has 4 aromatic heterocycles. The molecule has 4 aliphatic rings. The molecule has 0 bridgehead atoms. The van der Waals surface area contributed by atoms with Crippen LogP contribution in [0.1, 0.15) is 130 Å². The van der Waals surface area contributed by atoms with Gasteiger partial charge in [-0.25, -0.2) is 19.4 Å². The van der Waals surface area contributed by atoms with E-state index in [4.69, 9.17) is 9.47 Å². The average molecular weight is 1260 g/mol. The highest BCUT2D eigenvalue weighted by Gasteiger charge is 2.35. The van der Waals surface area contributed by atoms with E-state index in [1.165, 1.54) is 52.2 Å². The van der Waals surface area contributed by atoms with Crippen LogP contribution in [0.2, 0.25) is 0 Å². The SMILES string of the molecule is COc1ccc2c(c1)C=C(C(=O)NCc1cn(C)cn1)Cn1c-2c(C2CCCCC2)c2ccc(C(=O)NS(=O)(=O)N(C)C)cc21.COc1ccc2c(c1)CC(C(=O)NCc1cn(C)cn1)Cn1c-2c(C2CCCCC2)c2ccc(C(=O)NS(=O)(=O)N(C)C)cc21. The lowest BCUT2D eigenvalue weighted by atomic mass is 9.81. The zero-order chi connectivity index (χ0) is 63.8. The predicted octanol–water partition coefficient (Wildman–Crippen LogP) is 8.47. The summed E-state index contributed by atoms with van der Waals surface area (Å²) in [4.78, 5) is 62.6. The van der Waals surface area contributed by atoms with Crippen molar-refractivity contribution in [3.05, 3.63) is 148 Å². The van der Waals surface area contributed by atoms with Gasteiger partial charge >= 0.3 is 20.4 Å². The zero-order valence-electron chi connectivity index (χ0n) is 52.1. The minimum absolute atomic E-state index is 0.0886. The van der Waals surface area contributed by atoms with Crippen molar-refractivity contribution in [2.45, 2.75) is 109 Å². The van der Waals surface area contributed by atoms with Gasteiger partial charge in [0, 0.05) is 111 Å². The van der Waals surface area contributed by atoms with Gasteiger partial charge in [0.25, 0.3) is 11.8 Å². The summed E-state index contributed by atoms with van der Waals surface area (Å²) in [6, 6.07) is 22.7. The Balaban J connectivity index is 0.000000185. The van der Waals surface area contributed by atoms with Crippen LogP contribution in [0.4, 0.5) is 0 Å². The molecule has 2 saturated carbocycles. The van der Waals surface area contributed by atoms with Crippen molar-refractivity contribution in [3.63, 3.8) is 0 Å². The Morgan fingerprint density at radius 3 is 1.58 bits per heavy atom. The lowest BCUT2D eigenvalue weighted by molar-refractivity contribution is -0.125. The Bertz CT molecular complexity index is 4330. The summed E-state index contributed by atoms with van der Waals surface area (Å²) >= 11 is 0. The maximum atomic E-state index is 13.8. The largest absolute Gasteiger partial charge is 0.497 e. The van der Waals surface area contributed by atoms with Crippen LogP contribution >= 0.6 is 0 Å². The van der Waals surface area contributed by atoms with Crippen LogP contribution in [0.5, 0.6) is 11.5 Å². The highest BCUT2D eigenvalue weighted by atomic mass is 32.2. The number of carbonyl (C=O) groups excluding carboxylic acids is 4. The molecule has 2 fully saturated rings. The Kier molecular flexibility index (Phi) is 18.3. The van der Waals surface area contributed by atoms with E-state index >= 15 is 0 Å². The number of benzene rings is 4. The van der Waals surface area contributed by atoms with Gasteiger partial charge < -0.3 is 38.4 Å². The number of aryl methyl sites for hydroxylation is 2. The summed E-state index contributed by atoms with van der Waals surface area (Å²) in [6.07, 6.45) is 20.8. The number of aromatic nitrogens is 6. The third kappa shape index (κ3) is 13.1. The summed E-state index contributed by atoms with van der Waals surface area (Å²) in [7, 11) is 4.54. The van der Waals surface area contributed by atoms with Crippen molar-refractivity contribution >= 4 is 71.9 Å². The number of nitrogens with zero attached hydrogens (tertiary/aromatic N) is 8. The first-order valence-electron chi connectivity index (χ1n) is 30.5. The fraction of sp³-hybridized carbons (Fsp3) is 0.394. The van der Waals surface area contributed by atoms with Crippen LogP contribution < -0.4 is 29.6 Å². The fourth-order valence-electron chi connectivity index (χ4n) is 13.2. The zero-order valence-corrected chi connectivity index (χ0v) is 53.8. The summed E-state index contributed by atoms with van der Waals surface area (Å²) in [5, 5.41) is 8.14. The molecular weight excluding hydrogens is 1180 g/mol. The second kappa shape index (κ2) is 26.1. The van der Waals surface area contributed by atoms with Crippen LogP contribution in [-0.4, -0.2) is 120 Å². The van der Waals surface area contributed by atoms with Gasteiger partial charge in [0.1, 0.15) is 11.5 Å². The highest BCUT2D eigenvalue weighted by molar-refractivity contribution is 7.88. The molecule has 90 heavy (non-hydrogen) atoms. The number of carbonyl (C=O) groups is 4. The normalized spacial score (nSPS) is 16.2. The molecule has 4 N–H and O–H groups in total. The van der Waals surface area contributed by atoms with E-state index in [1.54, 1.807) is 51.1 Å². The first-order valence-corrected chi connectivity index (χ1v) is 33.4. The molecule has 474 valence electrons. The number of methoxy groups -OCH3 is 2. The van der Waals surface area contributed by atoms with Gasteiger partial charge in [0.2, 0.25) is 11.8 Å². The molecule has 4 aromatic carbocycles. The van der Waals surface area contributed by atoms with E-state index in [-0.39, 0.29) is 36.0 Å². The van der Waals surface area contributed by atoms with Crippen LogP contribution in [0, 0.1) is 5.92 Å². The second-order valence-electron chi connectivity index (χ2n) is 24.3. The van der Waals surface area contributed by atoms with Crippen LogP contribution in [0.25, 0.3) is 50.4 Å². The first kappa shape index (κ1) is 63.0. The van der Waals surface area contributed by atoms with Crippen molar-refractivity contribution < 1.29 is 45.5 Å². The van der Waals surface area contributed by atoms with Gasteiger partial charge in [0.15, 0.2) is 0 Å². The summed E-state index contributed by atoms with van der Waals surface area (Å²) in [6.45, 7) is 1.24. The summed E-state index contributed by atoms with van der Waals surface area (Å²) in [5.74, 6) is -0.108. The molecule has 0 spiro atoms. The molecule has 6 heterocycles. The van der Waals surface area contributed by atoms with Crippen molar-refractivity contribution in [2.75, 3.05) is 42.4 Å². The second-order valence-corrected chi connectivity index (χ2v) is 28.1. The van der Waals surface area contributed by atoms with Gasteiger partial charge in [-0.15, -0.1) is 0 Å². The minimum Gasteiger partial charge on any atom is -0.497 e. The first-order chi connectivity index (χ1) is 43.1. The summed E-state index contributed by atoms with van der Waals surface area (Å²) < 4.78 is 75.2. The Labute approximate surface area is 525 Å². The number of nitrogens with one attached hydrogen (secondary N) is 4. The third-order valence-corrected chi connectivity index (χ3v) is 20.6. The van der Waals surface area contributed by atoms with Crippen molar-refractivity contribution in [1.29, 1.82) is 0 Å². The smallest absolute Gasteiger partial charge is 0.303 e. The van der Waals surface area contributed by atoms with E-state index in [0.717, 1.165) is 133 Å². The van der Waals surface area contributed by atoms with Gasteiger partial charge in [-0.05, 0) is 133 Å². The number of hydrogen-bond acceptors (Lipinski definition) is 12. The standard InChI is InChI=1S/C33H40N6O5S.C33H38N6O5S/c2*1-37(2)45(42,43)36-33(41)22-10-12-28-29(16-22)39-18-24(32(40)34-17-25-19-38(3)20-35-25)14-23-15-26(44-4)11-13-27(23)31(39)30(28)21-8-6-5-7-9-21/h10-13,15-16,19-21,24H,5-9,14,17-18H2,1-4H3,(H,34,40)(H,36,41);10-16,19-21H,5-9,17-18H2,1-4H3,(H,34,40)(H,36,41). The molecule has 22 nitrogen and oxygen atoms in total. The van der Waals surface area contributed by atoms with Crippen molar-refractivity contribution in [2.24, 2.45) is 20.0 Å². The minimum atomic E-state index is -3.98. The van der Waals surface area contributed by atoms with Gasteiger partial charge in [-0.3, -0.25) is 19.2 Å². The number of hydrogen-bond donors (Lipinski definition) is 4. The Morgan fingerprint density at radius 2 is 1.08 bits per heavy atom. The Hall–Kier alpha value is -8.58. The number of ether oxygens (including phenoxy) is 2. The monoisotopic (exact) mass is 1260 g/mol. The molecule has 24 heteroatoms. The van der Waals surface area contributed by atoms with Gasteiger partial charge in [-0.1, -0.05) is 50.7 Å². The molecule has 1 atom stereocenters. The van der Waals surface area contributed by atoms with Crippen molar-refractivity contribution in [1.82, 2.24) is 56.9 Å². The molecule has 0 radical (unpaired) electrons. The van der Waals surface area contributed by atoms with E-state index in [0.29, 0.717) is 42.7 Å².